The normalized spacial score (nSPS) is 21.3. The number of aliphatic hydroxyl groups excluding tert-OH is 1. The van der Waals surface area contributed by atoms with E-state index in [0.29, 0.717) is 17.9 Å². The summed E-state index contributed by atoms with van der Waals surface area (Å²) < 4.78 is 20.5. The number of nitrogens with zero attached hydrogens (tertiary/aromatic N) is 2. The monoisotopic (exact) mass is 527 g/mol. The summed E-state index contributed by atoms with van der Waals surface area (Å²) in [7, 11) is 0. The van der Waals surface area contributed by atoms with Crippen LogP contribution in [-0.4, -0.2) is 51.8 Å². The number of β-amino-alcohol motifs (C(OH)–C–C–N with tert-alkyl or cyclic N) is 1. The minimum atomic E-state index is -1.89. The second kappa shape index (κ2) is 11.1. The average molecular weight is 528 g/mol. The minimum Gasteiger partial charge on any atom is -0.388 e. The van der Waals surface area contributed by atoms with Crippen molar-refractivity contribution in [2.75, 3.05) is 6.54 Å². The molecule has 37 heavy (non-hydrogen) atoms. The highest BCUT2D eigenvalue weighted by molar-refractivity contribution is 7.13. The molecule has 1 aliphatic heterocycles. The first-order valence-electron chi connectivity index (χ1n) is 12.6. The van der Waals surface area contributed by atoms with E-state index in [0.717, 1.165) is 16.0 Å². The number of hydrogen-bond donors (Lipinski definition) is 2. The summed E-state index contributed by atoms with van der Waals surface area (Å²) in [5.41, 5.74) is 3.81. The molecule has 1 saturated heterocycles. The molecular weight excluding hydrogens is 493 g/mol. The fourth-order valence-electron chi connectivity index (χ4n) is 4.97. The van der Waals surface area contributed by atoms with Crippen molar-refractivity contribution in [2.45, 2.75) is 71.3 Å². The van der Waals surface area contributed by atoms with Gasteiger partial charge in [-0.15, -0.1) is 11.3 Å². The first-order chi connectivity index (χ1) is 17.6. The van der Waals surface area contributed by atoms with Crippen molar-refractivity contribution in [3.63, 3.8) is 0 Å². The molecule has 2 amide bonds. The molecule has 2 aromatic heterocycles. The van der Waals surface area contributed by atoms with Crippen LogP contribution in [0.15, 0.2) is 46.3 Å². The quantitative estimate of drug-likeness (QED) is 0.433. The van der Waals surface area contributed by atoms with Crippen LogP contribution in [0.4, 0.5) is 4.39 Å². The lowest BCUT2D eigenvalue weighted by Gasteiger charge is -2.30. The summed E-state index contributed by atoms with van der Waals surface area (Å²) in [6, 6.07) is 9.90. The Bertz CT molecular complexity index is 1240. The van der Waals surface area contributed by atoms with Crippen LogP contribution in [0.5, 0.6) is 0 Å². The molecule has 1 aliphatic rings. The van der Waals surface area contributed by atoms with Crippen LogP contribution in [0.3, 0.4) is 0 Å². The zero-order chi connectivity index (χ0) is 26.9. The van der Waals surface area contributed by atoms with Gasteiger partial charge in [0.15, 0.2) is 6.17 Å². The number of amides is 2. The van der Waals surface area contributed by atoms with Gasteiger partial charge in [0.25, 0.3) is 0 Å². The number of aliphatic hydroxyl groups is 1. The molecule has 2 N–H and O–H groups in total. The van der Waals surface area contributed by atoms with Crippen LogP contribution in [-0.2, 0) is 9.59 Å². The van der Waals surface area contributed by atoms with E-state index in [1.54, 1.807) is 24.3 Å². The number of benzene rings is 1. The molecule has 5 atom stereocenters. The number of thiophene rings is 1. The lowest BCUT2D eigenvalue weighted by molar-refractivity contribution is -0.142. The smallest absolute Gasteiger partial charge is 0.246 e. The van der Waals surface area contributed by atoms with Crippen molar-refractivity contribution in [1.29, 1.82) is 0 Å². The molecule has 1 fully saturated rings. The fourth-order valence-corrected chi connectivity index (χ4v) is 5.90. The van der Waals surface area contributed by atoms with Crippen LogP contribution in [0.25, 0.3) is 10.4 Å². The zero-order valence-corrected chi connectivity index (χ0v) is 22.6. The Hall–Kier alpha value is -3.04. The predicted molar refractivity (Wildman–Crippen MR) is 141 cm³/mol. The van der Waals surface area contributed by atoms with Crippen LogP contribution in [0.2, 0.25) is 0 Å². The number of halogens is 1. The summed E-state index contributed by atoms with van der Waals surface area (Å²) in [5.74, 6) is -1.66. The van der Waals surface area contributed by atoms with Crippen molar-refractivity contribution >= 4 is 23.2 Å². The standard InChI is InChI=1S/C28H34FN3O4S/c1-6-20(18-7-9-19(10-8-18)26-16(4)11-12-37-26)30-27(34)25-24(29)21(33)14-32(25)28(35)23(15(2)3)22-13-17(5)31-36-22/h7-13,15,20-21,23-25,33H,6,14H2,1-5H3,(H,30,34)/t20-,21-,23+,24-,25-/m0/s1. The summed E-state index contributed by atoms with van der Waals surface area (Å²) in [4.78, 5) is 29.3. The molecule has 0 spiro atoms. The summed E-state index contributed by atoms with van der Waals surface area (Å²) in [6.07, 6.45) is -2.76. The van der Waals surface area contributed by atoms with Gasteiger partial charge in [-0.25, -0.2) is 4.39 Å². The Morgan fingerprint density at radius 2 is 1.95 bits per heavy atom. The maximum Gasteiger partial charge on any atom is 0.246 e. The molecule has 4 rings (SSSR count). The van der Waals surface area contributed by atoms with Crippen molar-refractivity contribution in [3.05, 3.63) is 64.4 Å². The lowest BCUT2D eigenvalue weighted by Crippen LogP contribution is -2.51. The highest BCUT2D eigenvalue weighted by Gasteiger charge is 2.50. The summed E-state index contributed by atoms with van der Waals surface area (Å²) >= 11 is 1.67. The first kappa shape index (κ1) is 27.0. The van der Waals surface area contributed by atoms with E-state index in [2.05, 4.69) is 28.8 Å². The van der Waals surface area contributed by atoms with Gasteiger partial charge in [0, 0.05) is 10.9 Å². The van der Waals surface area contributed by atoms with E-state index in [1.807, 2.05) is 45.0 Å². The third-order valence-electron chi connectivity index (χ3n) is 6.99. The van der Waals surface area contributed by atoms with Gasteiger partial charge in [-0.2, -0.15) is 0 Å². The van der Waals surface area contributed by atoms with Crippen LogP contribution < -0.4 is 5.32 Å². The third-order valence-corrected chi connectivity index (χ3v) is 8.05. The second-order valence-electron chi connectivity index (χ2n) is 10.1. The van der Waals surface area contributed by atoms with E-state index < -0.39 is 36.0 Å². The highest BCUT2D eigenvalue weighted by atomic mass is 32.1. The summed E-state index contributed by atoms with van der Waals surface area (Å²) in [5, 5.41) is 19.2. The van der Waals surface area contributed by atoms with Gasteiger partial charge in [-0.05, 0) is 54.3 Å². The molecule has 0 aliphatic carbocycles. The van der Waals surface area contributed by atoms with Gasteiger partial charge in [0.05, 0.1) is 18.3 Å². The number of carbonyl (C=O) groups excluding carboxylic acids is 2. The van der Waals surface area contributed by atoms with Crippen molar-refractivity contribution in [1.82, 2.24) is 15.4 Å². The number of rotatable bonds is 8. The van der Waals surface area contributed by atoms with Gasteiger partial charge >= 0.3 is 0 Å². The number of hydrogen-bond acceptors (Lipinski definition) is 6. The molecule has 0 radical (unpaired) electrons. The number of alkyl halides is 1. The molecule has 1 aromatic carbocycles. The van der Waals surface area contributed by atoms with Gasteiger partial charge < -0.3 is 19.8 Å². The minimum absolute atomic E-state index is 0.187. The molecule has 3 heterocycles. The van der Waals surface area contributed by atoms with E-state index in [4.69, 9.17) is 4.52 Å². The molecule has 0 bridgehead atoms. The predicted octanol–water partition coefficient (Wildman–Crippen LogP) is 4.94. The molecular formula is C28H34FN3O4S. The number of likely N-dealkylation sites (tertiary alicyclic amines) is 1. The van der Waals surface area contributed by atoms with E-state index in [9.17, 15) is 14.7 Å². The lowest BCUT2D eigenvalue weighted by atomic mass is 9.91. The zero-order valence-electron chi connectivity index (χ0n) is 21.8. The molecule has 0 saturated carbocycles. The van der Waals surface area contributed by atoms with Gasteiger partial charge in [0.1, 0.15) is 23.8 Å². The molecule has 0 unspecified atom stereocenters. The molecule has 3 aromatic rings. The fraction of sp³-hybridized carbons (Fsp3) is 0.464. The Labute approximate surface area is 220 Å². The molecule has 7 nitrogen and oxygen atoms in total. The van der Waals surface area contributed by atoms with Crippen molar-refractivity contribution < 1.29 is 23.6 Å². The van der Waals surface area contributed by atoms with Crippen LogP contribution >= 0.6 is 11.3 Å². The largest absolute Gasteiger partial charge is 0.388 e. The van der Waals surface area contributed by atoms with Crippen LogP contribution in [0.1, 0.15) is 61.7 Å². The van der Waals surface area contributed by atoms with Gasteiger partial charge in [-0.3, -0.25) is 9.59 Å². The Morgan fingerprint density at radius 3 is 2.49 bits per heavy atom. The van der Waals surface area contributed by atoms with Crippen LogP contribution in [0, 0.1) is 19.8 Å². The van der Waals surface area contributed by atoms with Crippen molar-refractivity contribution in [2.24, 2.45) is 5.92 Å². The Balaban J connectivity index is 1.54. The topological polar surface area (TPSA) is 95.7 Å². The maximum atomic E-state index is 15.2. The maximum absolute atomic E-state index is 15.2. The van der Waals surface area contributed by atoms with Gasteiger partial charge in [-0.1, -0.05) is 50.2 Å². The second-order valence-corrected chi connectivity index (χ2v) is 11.0. The number of aryl methyl sites for hydroxylation is 2. The number of aromatic nitrogens is 1. The van der Waals surface area contributed by atoms with E-state index >= 15 is 4.39 Å². The molecule has 198 valence electrons. The number of carbonyl (C=O) groups is 2. The third kappa shape index (κ3) is 5.48. The van der Waals surface area contributed by atoms with Gasteiger partial charge in [0.2, 0.25) is 11.8 Å². The van der Waals surface area contributed by atoms with E-state index in [1.165, 1.54) is 10.4 Å². The number of nitrogens with one attached hydrogen (secondary N) is 1. The average Bonchev–Trinajstić information content (AvgIpc) is 3.56. The SMILES string of the molecule is CC[C@H](NC(=O)[C@@H]1[C@@H](F)[C@@H](O)CN1C(=O)[C@@H](c1cc(C)no1)C(C)C)c1ccc(-c2sccc2C)cc1. The highest BCUT2D eigenvalue weighted by Crippen LogP contribution is 2.33. The summed E-state index contributed by atoms with van der Waals surface area (Å²) in [6.45, 7) is 9.19. The Kier molecular flexibility index (Phi) is 8.14. The first-order valence-corrected chi connectivity index (χ1v) is 13.5. The molecule has 9 heteroatoms. The van der Waals surface area contributed by atoms with Crippen molar-refractivity contribution in [3.8, 4) is 10.4 Å². The van der Waals surface area contributed by atoms with E-state index in [-0.39, 0.29) is 18.5 Å². The Morgan fingerprint density at radius 1 is 1.24 bits per heavy atom.